The number of aryl methyl sites for hydroxylation is 1. The summed E-state index contributed by atoms with van der Waals surface area (Å²) in [6, 6.07) is 37.9. The predicted molar refractivity (Wildman–Crippen MR) is 156 cm³/mol. The molecule has 8 aromatic rings. The Morgan fingerprint density at radius 1 is 0.632 bits per heavy atom. The smallest absolute Gasteiger partial charge is 0.144 e. The monoisotopic (exact) mass is 489 g/mol. The van der Waals surface area contributed by atoms with E-state index in [0.717, 1.165) is 83.8 Å². The van der Waals surface area contributed by atoms with Gasteiger partial charge < -0.3 is 8.98 Å². The van der Waals surface area contributed by atoms with Crippen LogP contribution in [0.3, 0.4) is 0 Å². The number of pyridine rings is 1. The Morgan fingerprint density at radius 2 is 1.37 bits per heavy atom. The number of fused-ring (bicyclic) bond motifs is 8. The zero-order valence-electron chi connectivity index (χ0n) is 20.8. The van der Waals surface area contributed by atoms with Gasteiger partial charge in [0.25, 0.3) is 0 Å². The molecule has 0 bridgehead atoms. The van der Waals surface area contributed by atoms with Crippen molar-refractivity contribution < 1.29 is 4.42 Å². The van der Waals surface area contributed by atoms with Crippen LogP contribution in [0.2, 0.25) is 0 Å². The van der Waals surface area contributed by atoms with Crippen LogP contribution in [0.15, 0.2) is 114 Å². The highest BCUT2D eigenvalue weighted by molar-refractivity contribution is 6.24. The lowest BCUT2D eigenvalue weighted by Crippen LogP contribution is -1.98. The van der Waals surface area contributed by atoms with Crippen LogP contribution in [0.25, 0.3) is 77.3 Å². The largest absolute Gasteiger partial charge is 0.455 e. The Morgan fingerprint density at radius 3 is 2.26 bits per heavy atom. The maximum absolute atomic E-state index is 6.48. The summed E-state index contributed by atoms with van der Waals surface area (Å²) in [5.74, 6) is 0.973. The second-order valence-electron chi connectivity index (χ2n) is 9.69. The van der Waals surface area contributed by atoms with Crippen molar-refractivity contribution in [1.82, 2.24) is 14.5 Å². The first-order valence-electron chi connectivity index (χ1n) is 13.0. The summed E-state index contributed by atoms with van der Waals surface area (Å²) in [7, 11) is 0. The maximum Gasteiger partial charge on any atom is 0.144 e. The van der Waals surface area contributed by atoms with Gasteiger partial charge in [-0.2, -0.15) is 0 Å². The third-order valence-electron chi connectivity index (χ3n) is 7.57. The van der Waals surface area contributed by atoms with Gasteiger partial charge in [-0.25, -0.2) is 9.97 Å². The molecule has 0 spiro atoms. The number of aromatic nitrogens is 3. The predicted octanol–water partition coefficient (Wildman–Crippen LogP) is 8.99. The Hall–Kier alpha value is -4.96. The first-order valence-corrected chi connectivity index (χ1v) is 13.0. The minimum absolute atomic E-state index is 0.848. The normalized spacial score (nSPS) is 11.9. The summed E-state index contributed by atoms with van der Waals surface area (Å²) >= 11 is 0. The lowest BCUT2D eigenvalue weighted by Gasteiger charge is -2.12. The minimum Gasteiger partial charge on any atom is -0.455 e. The van der Waals surface area contributed by atoms with Crippen LogP contribution in [-0.2, 0) is 6.54 Å². The molecule has 5 aromatic carbocycles. The van der Waals surface area contributed by atoms with Crippen molar-refractivity contribution in [2.75, 3.05) is 0 Å². The first-order chi connectivity index (χ1) is 18.8. The molecule has 4 nitrogen and oxygen atoms in total. The van der Waals surface area contributed by atoms with Gasteiger partial charge in [0.1, 0.15) is 17.0 Å². The van der Waals surface area contributed by atoms with Crippen LogP contribution >= 0.6 is 0 Å². The van der Waals surface area contributed by atoms with E-state index in [1.807, 2.05) is 24.3 Å². The van der Waals surface area contributed by atoms with E-state index in [1.165, 1.54) is 0 Å². The second-order valence-corrected chi connectivity index (χ2v) is 9.69. The fraction of sp³-hybridized carbons (Fsp3) is 0.0588. The van der Waals surface area contributed by atoms with Crippen molar-refractivity contribution in [2.24, 2.45) is 0 Å². The Balaban J connectivity index is 1.43. The molecule has 0 unspecified atom stereocenters. The first kappa shape index (κ1) is 21.2. The van der Waals surface area contributed by atoms with E-state index in [4.69, 9.17) is 14.4 Å². The van der Waals surface area contributed by atoms with E-state index < -0.39 is 0 Å². The zero-order chi connectivity index (χ0) is 25.2. The van der Waals surface area contributed by atoms with Gasteiger partial charge in [-0.15, -0.1) is 0 Å². The van der Waals surface area contributed by atoms with Gasteiger partial charge in [0, 0.05) is 44.6 Å². The van der Waals surface area contributed by atoms with E-state index in [2.05, 4.69) is 96.4 Å². The molecular formula is C34H23N3O. The lowest BCUT2D eigenvalue weighted by atomic mass is 9.97. The van der Waals surface area contributed by atoms with Crippen molar-refractivity contribution in [3.05, 3.63) is 109 Å². The maximum atomic E-state index is 6.48. The van der Waals surface area contributed by atoms with Gasteiger partial charge in [-0.3, -0.25) is 0 Å². The molecule has 0 saturated carbocycles. The van der Waals surface area contributed by atoms with Crippen molar-refractivity contribution in [3.8, 4) is 22.6 Å². The topological polar surface area (TPSA) is 43.9 Å². The van der Waals surface area contributed by atoms with Crippen LogP contribution < -0.4 is 0 Å². The summed E-state index contributed by atoms with van der Waals surface area (Å²) in [6.07, 6.45) is 0. The highest BCUT2D eigenvalue weighted by Gasteiger charge is 2.18. The highest BCUT2D eigenvalue weighted by Crippen LogP contribution is 2.41. The van der Waals surface area contributed by atoms with Crippen molar-refractivity contribution >= 4 is 54.6 Å². The fourth-order valence-corrected chi connectivity index (χ4v) is 5.86. The van der Waals surface area contributed by atoms with Crippen molar-refractivity contribution in [1.29, 1.82) is 0 Å². The summed E-state index contributed by atoms with van der Waals surface area (Å²) in [6.45, 7) is 3.01. The van der Waals surface area contributed by atoms with Crippen LogP contribution in [0.1, 0.15) is 6.92 Å². The number of hydrogen-bond acceptors (Lipinski definition) is 3. The number of rotatable bonds is 3. The quantitative estimate of drug-likeness (QED) is 0.233. The number of furan rings is 1. The number of imidazole rings is 1. The molecule has 180 valence electrons. The molecule has 0 radical (unpaired) electrons. The summed E-state index contributed by atoms with van der Waals surface area (Å²) in [4.78, 5) is 10.2. The molecular weight excluding hydrogens is 466 g/mol. The van der Waals surface area contributed by atoms with Crippen LogP contribution in [0, 0.1) is 0 Å². The standard InChI is InChI=1S/C34H23N3O/c1-2-37-29-16-7-6-15-28(29)36-34(37)22-11-9-10-21(20-22)32-26-19-18-24-23-12-4-8-17-30(23)38-33(24)31(26)25-13-3-5-14-27(25)35-32/h3-20H,2H2,1H3. The molecule has 0 saturated heterocycles. The van der Waals surface area contributed by atoms with Crippen LogP contribution in [-0.4, -0.2) is 14.5 Å². The molecule has 3 aromatic heterocycles. The molecule has 8 rings (SSSR count). The minimum atomic E-state index is 0.848. The fourth-order valence-electron chi connectivity index (χ4n) is 5.86. The van der Waals surface area contributed by atoms with E-state index in [1.54, 1.807) is 0 Å². The number of para-hydroxylation sites is 4. The summed E-state index contributed by atoms with van der Waals surface area (Å²) in [5.41, 5.74) is 8.01. The SMILES string of the molecule is CCn1c(-c2cccc(-c3nc4ccccc4c4c3ccc3c5ccccc5oc34)c2)nc2ccccc21. The second kappa shape index (κ2) is 8.02. The molecule has 0 aliphatic rings. The molecule has 38 heavy (non-hydrogen) atoms. The van der Waals surface area contributed by atoms with Crippen molar-refractivity contribution in [2.45, 2.75) is 13.5 Å². The molecule has 3 heterocycles. The van der Waals surface area contributed by atoms with Gasteiger partial charge in [-0.1, -0.05) is 72.8 Å². The molecule has 0 amide bonds. The van der Waals surface area contributed by atoms with Gasteiger partial charge in [-0.05, 0) is 43.3 Å². The van der Waals surface area contributed by atoms with E-state index in [9.17, 15) is 0 Å². The van der Waals surface area contributed by atoms with Crippen LogP contribution in [0.4, 0.5) is 0 Å². The van der Waals surface area contributed by atoms with Crippen molar-refractivity contribution in [3.63, 3.8) is 0 Å². The molecule has 0 atom stereocenters. The van der Waals surface area contributed by atoms with Gasteiger partial charge in [0.05, 0.1) is 22.2 Å². The lowest BCUT2D eigenvalue weighted by molar-refractivity contribution is 0.673. The molecule has 0 aliphatic heterocycles. The Bertz CT molecular complexity index is 2180. The summed E-state index contributed by atoms with van der Waals surface area (Å²) in [5, 5.41) is 5.54. The van der Waals surface area contributed by atoms with Gasteiger partial charge in [0.15, 0.2) is 0 Å². The average molecular weight is 490 g/mol. The van der Waals surface area contributed by atoms with E-state index in [-0.39, 0.29) is 0 Å². The molecule has 0 fully saturated rings. The van der Waals surface area contributed by atoms with Crippen LogP contribution in [0.5, 0.6) is 0 Å². The van der Waals surface area contributed by atoms with Gasteiger partial charge in [0.2, 0.25) is 0 Å². The number of benzene rings is 5. The number of hydrogen-bond donors (Lipinski definition) is 0. The Labute approximate surface area is 218 Å². The zero-order valence-corrected chi connectivity index (χ0v) is 20.8. The third-order valence-corrected chi connectivity index (χ3v) is 7.57. The summed E-state index contributed by atoms with van der Waals surface area (Å²) < 4.78 is 8.76. The number of nitrogens with zero attached hydrogens (tertiary/aromatic N) is 3. The Kier molecular flexibility index (Phi) is 4.47. The third kappa shape index (κ3) is 2.97. The molecule has 4 heteroatoms. The molecule has 0 aliphatic carbocycles. The highest BCUT2D eigenvalue weighted by atomic mass is 16.3. The van der Waals surface area contributed by atoms with E-state index >= 15 is 0 Å². The average Bonchev–Trinajstić information content (AvgIpc) is 3.55. The molecule has 0 N–H and O–H groups in total. The van der Waals surface area contributed by atoms with Gasteiger partial charge >= 0.3 is 0 Å². The van der Waals surface area contributed by atoms with E-state index in [0.29, 0.717) is 0 Å².